The number of para-hydroxylation sites is 1. The van der Waals surface area contributed by atoms with E-state index in [2.05, 4.69) is 31.3 Å². The summed E-state index contributed by atoms with van der Waals surface area (Å²) < 4.78 is 11.2. The lowest BCUT2D eigenvalue weighted by atomic mass is 9.93. The van der Waals surface area contributed by atoms with Gasteiger partial charge in [0, 0.05) is 25.3 Å². The standard InChI is InChI=1S/C16H25NO2/c1-12(2)16-14(8-9-19-16)11-17-10-13-6-4-5-7-15(13)18-3/h4-7,12,14,16-17H,8-11H2,1-3H3/t14-,16-/m1/s1. The Kier molecular flexibility index (Phi) is 5.23. The number of hydrogen-bond donors (Lipinski definition) is 1. The fourth-order valence-corrected chi connectivity index (χ4v) is 2.85. The lowest BCUT2D eigenvalue weighted by Crippen LogP contribution is -2.31. The van der Waals surface area contributed by atoms with E-state index in [1.54, 1.807) is 7.11 Å². The molecule has 0 aliphatic carbocycles. The minimum absolute atomic E-state index is 0.408. The van der Waals surface area contributed by atoms with Crippen molar-refractivity contribution in [3.63, 3.8) is 0 Å². The minimum Gasteiger partial charge on any atom is -0.496 e. The molecule has 3 heteroatoms. The van der Waals surface area contributed by atoms with Crippen LogP contribution in [0.1, 0.15) is 25.8 Å². The zero-order valence-electron chi connectivity index (χ0n) is 12.2. The van der Waals surface area contributed by atoms with E-state index in [0.29, 0.717) is 17.9 Å². The smallest absolute Gasteiger partial charge is 0.123 e. The number of benzene rings is 1. The van der Waals surface area contributed by atoms with Gasteiger partial charge in [-0.15, -0.1) is 0 Å². The van der Waals surface area contributed by atoms with Crippen LogP contribution < -0.4 is 10.1 Å². The molecular weight excluding hydrogens is 238 g/mol. The van der Waals surface area contributed by atoms with Crippen LogP contribution in [0.2, 0.25) is 0 Å². The van der Waals surface area contributed by atoms with Gasteiger partial charge < -0.3 is 14.8 Å². The molecule has 0 amide bonds. The zero-order chi connectivity index (χ0) is 13.7. The maximum atomic E-state index is 5.81. The van der Waals surface area contributed by atoms with Gasteiger partial charge in [0.15, 0.2) is 0 Å². The third kappa shape index (κ3) is 3.71. The van der Waals surface area contributed by atoms with Gasteiger partial charge in [0.25, 0.3) is 0 Å². The first-order valence-electron chi connectivity index (χ1n) is 7.16. The normalized spacial score (nSPS) is 22.9. The molecule has 1 saturated heterocycles. The van der Waals surface area contributed by atoms with E-state index in [-0.39, 0.29) is 0 Å². The lowest BCUT2D eigenvalue weighted by Gasteiger charge is -2.22. The molecule has 0 unspecified atom stereocenters. The SMILES string of the molecule is COc1ccccc1CNC[C@H]1CCO[C@@H]1C(C)C. The van der Waals surface area contributed by atoms with Gasteiger partial charge in [-0.05, 0) is 24.3 Å². The average molecular weight is 263 g/mol. The summed E-state index contributed by atoms with van der Waals surface area (Å²) in [6, 6.07) is 8.17. The Morgan fingerprint density at radius 1 is 1.37 bits per heavy atom. The molecule has 1 aromatic rings. The second-order valence-electron chi connectivity index (χ2n) is 5.57. The van der Waals surface area contributed by atoms with Crippen molar-refractivity contribution in [1.29, 1.82) is 0 Å². The topological polar surface area (TPSA) is 30.5 Å². The number of methoxy groups -OCH3 is 1. The second-order valence-corrected chi connectivity index (χ2v) is 5.57. The van der Waals surface area contributed by atoms with Gasteiger partial charge in [0.05, 0.1) is 13.2 Å². The number of hydrogen-bond acceptors (Lipinski definition) is 3. The monoisotopic (exact) mass is 263 g/mol. The number of nitrogens with one attached hydrogen (secondary N) is 1. The highest BCUT2D eigenvalue weighted by atomic mass is 16.5. The Bertz CT molecular complexity index is 392. The lowest BCUT2D eigenvalue weighted by molar-refractivity contribution is 0.0539. The number of ether oxygens (including phenoxy) is 2. The molecule has 0 aromatic heterocycles. The van der Waals surface area contributed by atoms with Crippen LogP contribution in [0.25, 0.3) is 0 Å². The van der Waals surface area contributed by atoms with Gasteiger partial charge in [-0.25, -0.2) is 0 Å². The van der Waals surface area contributed by atoms with E-state index in [4.69, 9.17) is 9.47 Å². The van der Waals surface area contributed by atoms with Crippen LogP contribution in [0, 0.1) is 11.8 Å². The molecule has 2 rings (SSSR count). The Balaban J connectivity index is 1.83. The highest BCUT2D eigenvalue weighted by molar-refractivity contribution is 5.32. The first-order chi connectivity index (χ1) is 9.22. The molecular formula is C16H25NO2. The fraction of sp³-hybridized carbons (Fsp3) is 0.625. The van der Waals surface area contributed by atoms with E-state index in [1.165, 1.54) is 12.0 Å². The highest BCUT2D eigenvalue weighted by Gasteiger charge is 2.30. The summed E-state index contributed by atoms with van der Waals surface area (Å²) in [4.78, 5) is 0. The van der Waals surface area contributed by atoms with Gasteiger partial charge in [0.2, 0.25) is 0 Å². The van der Waals surface area contributed by atoms with Crippen LogP contribution in [0.4, 0.5) is 0 Å². The van der Waals surface area contributed by atoms with Crippen molar-refractivity contribution in [3.8, 4) is 5.75 Å². The average Bonchev–Trinajstić information content (AvgIpc) is 2.88. The van der Waals surface area contributed by atoms with Crippen LogP contribution >= 0.6 is 0 Å². The third-order valence-electron chi connectivity index (χ3n) is 3.84. The molecule has 3 nitrogen and oxygen atoms in total. The van der Waals surface area contributed by atoms with Crippen LogP contribution in [0.3, 0.4) is 0 Å². The Morgan fingerprint density at radius 2 is 2.16 bits per heavy atom. The van der Waals surface area contributed by atoms with Crippen molar-refractivity contribution < 1.29 is 9.47 Å². The van der Waals surface area contributed by atoms with Crippen molar-refractivity contribution >= 4 is 0 Å². The molecule has 1 aromatic carbocycles. The van der Waals surface area contributed by atoms with Crippen molar-refractivity contribution in [1.82, 2.24) is 5.32 Å². The Labute approximate surface area is 116 Å². The molecule has 0 bridgehead atoms. The summed E-state index contributed by atoms with van der Waals surface area (Å²) in [5.74, 6) is 2.19. The predicted octanol–water partition coefficient (Wildman–Crippen LogP) is 2.85. The molecule has 19 heavy (non-hydrogen) atoms. The molecule has 0 radical (unpaired) electrons. The molecule has 1 fully saturated rings. The summed E-state index contributed by atoms with van der Waals surface area (Å²) in [6.45, 7) is 7.25. The summed E-state index contributed by atoms with van der Waals surface area (Å²) in [5, 5.41) is 3.54. The quantitative estimate of drug-likeness (QED) is 0.856. The molecule has 1 aliphatic heterocycles. The minimum atomic E-state index is 0.408. The van der Waals surface area contributed by atoms with Crippen LogP contribution in [0.5, 0.6) is 5.75 Å². The Morgan fingerprint density at radius 3 is 2.89 bits per heavy atom. The molecule has 1 heterocycles. The fourth-order valence-electron chi connectivity index (χ4n) is 2.85. The largest absolute Gasteiger partial charge is 0.496 e. The summed E-state index contributed by atoms with van der Waals surface area (Å²) in [6.07, 6.45) is 1.58. The van der Waals surface area contributed by atoms with E-state index >= 15 is 0 Å². The number of rotatable bonds is 6. The highest BCUT2D eigenvalue weighted by Crippen LogP contribution is 2.26. The molecule has 1 aliphatic rings. The van der Waals surface area contributed by atoms with Crippen LogP contribution in [-0.2, 0) is 11.3 Å². The first-order valence-corrected chi connectivity index (χ1v) is 7.16. The van der Waals surface area contributed by atoms with E-state index in [1.807, 2.05) is 12.1 Å². The molecule has 0 spiro atoms. The summed E-state index contributed by atoms with van der Waals surface area (Å²) >= 11 is 0. The van der Waals surface area contributed by atoms with Crippen LogP contribution in [-0.4, -0.2) is 26.4 Å². The van der Waals surface area contributed by atoms with Crippen molar-refractivity contribution in [2.75, 3.05) is 20.3 Å². The van der Waals surface area contributed by atoms with Gasteiger partial charge in [-0.2, -0.15) is 0 Å². The summed E-state index contributed by atoms with van der Waals surface area (Å²) in [7, 11) is 1.72. The molecule has 2 atom stereocenters. The van der Waals surface area contributed by atoms with Gasteiger partial charge in [0.1, 0.15) is 5.75 Å². The second kappa shape index (κ2) is 6.92. The van der Waals surface area contributed by atoms with Crippen molar-refractivity contribution in [2.24, 2.45) is 11.8 Å². The van der Waals surface area contributed by atoms with E-state index in [9.17, 15) is 0 Å². The maximum Gasteiger partial charge on any atom is 0.123 e. The third-order valence-corrected chi connectivity index (χ3v) is 3.84. The molecule has 0 saturated carbocycles. The molecule has 1 N–H and O–H groups in total. The van der Waals surface area contributed by atoms with Crippen molar-refractivity contribution in [3.05, 3.63) is 29.8 Å². The summed E-state index contributed by atoms with van der Waals surface area (Å²) in [5.41, 5.74) is 1.21. The maximum absolute atomic E-state index is 5.81. The van der Waals surface area contributed by atoms with E-state index in [0.717, 1.165) is 25.4 Å². The Hall–Kier alpha value is -1.06. The first kappa shape index (κ1) is 14.4. The van der Waals surface area contributed by atoms with Crippen LogP contribution in [0.15, 0.2) is 24.3 Å². The van der Waals surface area contributed by atoms with Gasteiger partial charge >= 0.3 is 0 Å². The predicted molar refractivity (Wildman–Crippen MR) is 77.4 cm³/mol. The van der Waals surface area contributed by atoms with Gasteiger partial charge in [-0.1, -0.05) is 32.0 Å². The van der Waals surface area contributed by atoms with Crippen molar-refractivity contribution in [2.45, 2.75) is 32.9 Å². The zero-order valence-corrected chi connectivity index (χ0v) is 12.2. The van der Waals surface area contributed by atoms with E-state index < -0.39 is 0 Å². The van der Waals surface area contributed by atoms with Gasteiger partial charge in [-0.3, -0.25) is 0 Å². The molecule has 106 valence electrons.